The topological polar surface area (TPSA) is 63.4 Å². The van der Waals surface area contributed by atoms with E-state index in [1.54, 1.807) is 11.9 Å². The fourth-order valence-electron chi connectivity index (χ4n) is 2.10. The van der Waals surface area contributed by atoms with Crippen molar-refractivity contribution in [3.8, 4) is 0 Å². The van der Waals surface area contributed by atoms with Gasteiger partial charge in [0.25, 0.3) is 0 Å². The Kier molecular flexibility index (Phi) is 2.98. The van der Waals surface area contributed by atoms with Crippen LogP contribution in [0.4, 0.5) is 5.69 Å². The smallest absolute Gasteiger partial charge is 0.227 e. The van der Waals surface area contributed by atoms with Crippen LogP contribution in [-0.2, 0) is 16.0 Å². The predicted molar refractivity (Wildman–Crippen MR) is 65.8 cm³/mol. The molecule has 0 radical (unpaired) electrons. The number of rotatable bonds is 2. The largest absolute Gasteiger partial charge is 0.318 e. The molecule has 1 aromatic rings. The van der Waals surface area contributed by atoms with E-state index in [9.17, 15) is 9.59 Å². The first-order chi connectivity index (χ1) is 8.00. The molecule has 1 atom stereocenters. The fourth-order valence-corrected chi connectivity index (χ4v) is 2.10. The number of hydrogen-bond donors (Lipinski definition) is 1. The highest BCUT2D eigenvalue weighted by Crippen LogP contribution is 2.29. The minimum Gasteiger partial charge on any atom is -0.318 e. The number of nitrogens with two attached hydrogens (primary N) is 1. The molecule has 4 nitrogen and oxygen atoms in total. The number of aryl methyl sites for hydroxylation is 1. The molecule has 0 aliphatic carbocycles. The molecule has 1 aliphatic rings. The lowest BCUT2D eigenvalue weighted by molar-refractivity contribution is -0.119. The zero-order chi connectivity index (χ0) is 12.6. The number of ketones is 1. The second-order valence-electron chi connectivity index (χ2n) is 4.43. The first-order valence-corrected chi connectivity index (χ1v) is 5.66. The van der Waals surface area contributed by atoms with Gasteiger partial charge in [0.15, 0.2) is 5.78 Å². The maximum atomic E-state index is 11.5. The van der Waals surface area contributed by atoms with E-state index in [0.29, 0.717) is 6.42 Å². The Morgan fingerprint density at radius 3 is 2.76 bits per heavy atom. The van der Waals surface area contributed by atoms with Gasteiger partial charge < -0.3 is 10.6 Å². The van der Waals surface area contributed by atoms with Crippen LogP contribution in [0, 0.1) is 0 Å². The number of hydrogen-bond acceptors (Lipinski definition) is 3. The van der Waals surface area contributed by atoms with E-state index in [-0.39, 0.29) is 11.7 Å². The molecule has 17 heavy (non-hydrogen) atoms. The van der Waals surface area contributed by atoms with Crippen LogP contribution in [0.5, 0.6) is 0 Å². The Hall–Kier alpha value is -1.68. The minimum absolute atomic E-state index is 0.0507. The number of amides is 1. The third kappa shape index (κ3) is 2.08. The van der Waals surface area contributed by atoms with Crippen LogP contribution in [0.25, 0.3) is 0 Å². The molecule has 0 bridgehead atoms. The molecule has 0 fully saturated rings. The third-order valence-electron chi connectivity index (χ3n) is 3.24. The molecule has 0 spiro atoms. The molecule has 1 unspecified atom stereocenters. The number of carbonyl (C=O) groups excluding carboxylic acids is 2. The highest BCUT2D eigenvalue weighted by Gasteiger charge is 2.22. The standard InChI is InChI=1S/C13H16N2O2/c1-8(16)13(14)10-3-5-11-9(7-10)4-6-12(17)15(11)2/h3,5,7,13H,4,6,14H2,1-2H3. The van der Waals surface area contributed by atoms with Gasteiger partial charge in [0.05, 0.1) is 6.04 Å². The zero-order valence-corrected chi connectivity index (χ0v) is 10.1. The van der Waals surface area contributed by atoms with Crippen molar-refractivity contribution in [1.82, 2.24) is 0 Å². The lowest BCUT2D eigenvalue weighted by Crippen LogP contribution is -2.31. The molecular formula is C13H16N2O2. The number of carbonyl (C=O) groups is 2. The normalized spacial score (nSPS) is 16.6. The summed E-state index contributed by atoms with van der Waals surface area (Å²) in [6, 6.07) is 5.05. The summed E-state index contributed by atoms with van der Waals surface area (Å²) < 4.78 is 0. The van der Waals surface area contributed by atoms with Crippen molar-refractivity contribution in [3.63, 3.8) is 0 Å². The van der Waals surface area contributed by atoms with Gasteiger partial charge in [-0.3, -0.25) is 9.59 Å². The van der Waals surface area contributed by atoms with E-state index in [2.05, 4.69) is 0 Å². The summed E-state index contributed by atoms with van der Waals surface area (Å²) in [5.74, 6) is 0.0753. The maximum absolute atomic E-state index is 11.5. The first-order valence-electron chi connectivity index (χ1n) is 5.66. The van der Waals surface area contributed by atoms with Gasteiger partial charge in [-0.05, 0) is 30.5 Å². The lowest BCUT2D eigenvalue weighted by atomic mass is 9.95. The van der Waals surface area contributed by atoms with E-state index in [4.69, 9.17) is 5.73 Å². The van der Waals surface area contributed by atoms with Crippen molar-refractivity contribution in [2.45, 2.75) is 25.8 Å². The maximum Gasteiger partial charge on any atom is 0.227 e. The average molecular weight is 232 g/mol. The summed E-state index contributed by atoms with van der Waals surface area (Å²) in [4.78, 5) is 24.4. The number of fused-ring (bicyclic) bond motifs is 1. The number of benzene rings is 1. The minimum atomic E-state index is -0.566. The van der Waals surface area contributed by atoms with Crippen LogP contribution < -0.4 is 10.6 Å². The van der Waals surface area contributed by atoms with Crippen molar-refractivity contribution in [1.29, 1.82) is 0 Å². The van der Waals surface area contributed by atoms with Gasteiger partial charge in [-0.25, -0.2) is 0 Å². The Labute approximate surface area is 100 Å². The molecule has 1 amide bonds. The molecule has 0 saturated heterocycles. The van der Waals surface area contributed by atoms with E-state index in [1.165, 1.54) is 6.92 Å². The van der Waals surface area contributed by atoms with Crippen molar-refractivity contribution >= 4 is 17.4 Å². The SMILES string of the molecule is CC(=O)C(N)c1ccc2c(c1)CCC(=O)N2C. The lowest BCUT2D eigenvalue weighted by Gasteiger charge is -2.26. The van der Waals surface area contributed by atoms with Crippen molar-refractivity contribution < 1.29 is 9.59 Å². The van der Waals surface area contributed by atoms with Gasteiger partial charge in [-0.15, -0.1) is 0 Å². The first kappa shape index (κ1) is 11.8. The molecule has 90 valence electrons. The van der Waals surface area contributed by atoms with Crippen LogP contribution in [0.3, 0.4) is 0 Å². The van der Waals surface area contributed by atoms with Crippen LogP contribution in [-0.4, -0.2) is 18.7 Å². The van der Waals surface area contributed by atoms with E-state index in [0.717, 1.165) is 23.2 Å². The van der Waals surface area contributed by atoms with Gasteiger partial charge in [-0.1, -0.05) is 12.1 Å². The Bertz CT molecular complexity index is 482. The summed E-state index contributed by atoms with van der Waals surface area (Å²) in [5.41, 5.74) is 8.62. The van der Waals surface area contributed by atoms with Crippen LogP contribution >= 0.6 is 0 Å². The molecule has 1 heterocycles. The molecule has 1 aliphatic heterocycles. The average Bonchev–Trinajstić information content (AvgIpc) is 2.32. The second-order valence-corrected chi connectivity index (χ2v) is 4.43. The van der Waals surface area contributed by atoms with Gasteiger partial charge in [0.1, 0.15) is 0 Å². The van der Waals surface area contributed by atoms with Crippen molar-refractivity contribution in [3.05, 3.63) is 29.3 Å². The number of nitrogens with zero attached hydrogens (tertiary/aromatic N) is 1. The quantitative estimate of drug-likeness (QED) is 0.833. The summed E-state index contributed by atoms with van der Waals surface area (Å²) >= 11 is 0. The second kappa shape index (κ2) is 4.30. The fraction of sp³-hybridized carbons (Fsp3) is 0.385. The van der Waals surface area contributed by atoms with Crippen LogP contribution in [0.2, 0.25) is 0 Å². The summed E-state index contributed by atoms with van der Waals surface area (Å²) in [7, 11) is 1.77. The van der Waals surface area contributed by atoms with Gasteiger partial charge in [0, 0.05) is 19.2 Å². The van der Waals surface area contributed by atoms with Crippen molar-refractivity contribution in [2.24, 2.45) is 5.73 Å². The molecule has 2 N–H and O–H groups in total. The zero-order valence-electron chi connectivity index (χ0n) is 10.1. The number of anilines is 1. The highest BCUT2D eigenvalue weighted by atomic mass is 16.2. The van der Waals surface area contributed by atoms with Crippen LogP contribution in [0.15, 0.2) is 18.2 Å². The van der Waals surface area contributed by atoms with E-state index in [1.807, 2.05) is 18.2 Å². The summed E-state index contributed by atoms with van der Waals surface area (Å²) in [6.07, 6.45) is 1.24. The van der Waals surface area contributed by atoms with E-state index < -0.39 is 6.04 Å². The molecule has 2 rings (SSSR count). The Morgan fingerprint density at radius 1 is 1.41 bits per heavy atom. The summed E-state index contributed by atoms with van der Waals surface area (Å²) in [5, 5.41) is 0. The third-order valence-corrected chi connectivity index (χ3v) is 3.24. The van der Waals surface area contributed by atoms with E-state index >= 15 is 0 Å². The predicted octanol–water partition coefficient (Wildman–Crippen LogP) is 1.18. The van der Waals surface area contributed by atoms with Gasteiger partial charge >= 0.3 is 0 Å². The van der Waals surface area contributed by atoms with Crippen molar-refractivity contribution in [2.75, 3.05) is 11.9 Å². The monoisotopic (exact) mass is 232 g/mol. The molecule has 4 heteroatoms. The van der Waals surface area contributed by atoms with Gasteiger partial charge in [0.2, 0.25) is 5.91 Å². The molecule has 1 aromatic carbocycles. The molecule has 0 saturated carbocycles. The highest BCUT2D eigenvalue weighted by molar-refractivity contribution is 5.96. The van der Waals surface area contributed by atoms with Gasteiger partial charge in [-0.2, -0.15) is 0 Å². The molecular weight excluding hydrogens is 216 g/mol. The molecule has 0 aromatic heterocycles. The number of Topliss-reactive ketones (excluding diaryl/α,β-unsaturated/α-hetero) is 1. The Morgan fingerprint density at radius 2 is 2.12 bits per heavy atom. The van der Waals surface area contributed by atoms with Crippen LogP contribution in [0.1, 0.15) is 30.5 Å². The Balaban J connectivity index is 2.39. The summed E-state index contributed by atoms with van der Waals surface area (Å²) in [6.45, 7) is 1.49.